The molecule has 23 N–H and O–H groups in total. The average molecular weight is 1100 g/mol. The van der Waals surface area contributed by atoms with Crippen molar-refractivity contribution in [1.82, 2.24) is 47.9 Å². The minimum atomic E-state index is -1.86. The van der Waals surface area contributed by atoms with Gasteiger partial charge in [0.1, 0.15) is 60.1 Å². The highest BCUT2D eigenvalue weighted by molar-refractivity contribution is 7.98. The number of hydrogen-bond acceptors (Lipinski definition) is 19. The number of guanidine groups is 1. The molecule has 426 valence electrons. The van der Waals surface area contributed by atoms with Crippen LogP contribution in [0, 0.1) is 5.92 Å². The molecule has 1 aromatic carbocycles. The van der Waals surface area contributed by atoms with E-state index >= 15 is 0 Å². The standard InChI is InChI=1S/C44H72N14O17S/c1-20(2)33(58-41(72)31(19-62)56-40(71)29(17-60)55-39(70)28(16-59)54-34(65)21(3)50-35(66)24(45)6-5-12-49-44(47)48)42(73)57-30(18-61)38(69)52-26(14-22-7-9-23(63)10-8-22)37(68)51-25(11-13-76-4)36(67)53-27(43(74)75)15-32(46)64/h7-10,20-21,24-31,33,59-63H,5-6,11-19,45H2,1-4H3,(H2,46,64)(H,50,66)(H,51,68)(H,52,69)(H,53,67)(H,54,65)(H,55,70)(H,56,71)(H,57,73)(H,58,72)(H,74,75)(H4,47,48,49)/t21-,24-,25-,26-,27-,28-,29-,30-,31-,33-/m0/s1. The first-order valence-electron chi connectivity index (χ1n) is 23.5. The summed E-state index contributed by atoms with van der Waals surface area (Å²) in [6.07, 6.45) is 1.05. The molecular formula is C44H72N14O17S. The topological polar surface area (TPSA) is 534 Å². The second-order valence-corrected chi connectivity index (χ2v) is 18.3. The molecule has 0 saturated carbocycles. The molecule has 32 heteroatoms. The van der Waals surface area contributed by atoms with Crippen LogP contribution in [0.3, 0.4) is 0 Å². The first-order valence-corrected chi connectivity index (χ1v) is 24.9. The molecule has 76 heavy (non-hydrogen) atoms. The van der Waals surface area contributed by atoms with Crippen LogP contribution < -0.4 is 70.8 Å². The van der Waals surface area contributed by atoms with E-state index < -0.39 is 164 Å². The predicted molar refractivity (Wildman–Crippen MR) is 270 cm³/mol. The molecule has 0 aliphatic carbocycles. The summed E-state index contributed by atoms with van der Waals surface area (Å²) in [7, 11) is 0. The summed E-state index contributed by atoms with van der Waals surface area (Å²) in [5.74, 6) is -13.0. The van der Waals surface area contributed by atoms with Crippen molar-refractivity contribution >= 4 is 82.8 Å². The van der Waals surface area contributed by atoms with E-state index in [1.807, 2.05) is 0 Å². The number of primary amides is 1. The largest absolute Gasteiger partial charge is 0.508 e. The number of nitrogens with zero attached hydrogens (tertiary/aromatic N) is 1. The Morgan fingerprint density at radius 1 is 0.553 bits per heavy atom. The zero-order valence-corrected chi connectivity index (χ0v) is 43.1. The number of phenolic OH excluding ortho intramolecular Hbond substituents is 1. The van der Waals surface area contributed by atoms with E-state index in [-0.39, 0.29) is 43.3 Å². The lowest BCUT2D eigenvalue weighted by atomic mass is 10.0. The Hall–Kier alpha value is -7.39. The fourth-order valence-electron chi connectivity index (χ4n) is 6.50. The number of aliphatic hydroxyl groups is 4. The molecule has 10 amide bonds. The lowest BCUT2D eigenvalue weighted by Crippen LogP contribution is -2.62. The van der Waals surface area contributed by atoms with Crippen molar-refractivity contribution in [2.45, 2.75) is 113 Å². The quantitative estimate of drug-likeness (QED) is 0.0170. The number of aliphatic carboxylic acids is 1. The highest BCUT2D eigenvalue weighted by atomic mass is 32.2. The fraction of sp³-hybridized carbons (Fsp3) is 0.591. The predicted octanol–water partition coefficient (Wildman–Crippen LogP) is -8.96. The number of phenols is 1. The van der Waals surface area contributed by atoms with Crippen LogP contribution in [0.15, 0.2) is 29.3 Å². The number of carbonyl (C=O) groups is 11. The van der Waals surface area contributed by atoms with Crippen molar-refractivity contribution in [3.63, 3.8) is 0 Å². The third kappa shape index (κ3) is 23.9. The minimum absolute atomic E-state index is 0.0578. The van der Waals surface area contributed by atoms with Gasteiger partial charge in [-0.1, -0.05) is 26.0 Å². The van der Waals surface area contributed by atoms with Crippen LogP contribution >= 0.6 is 11.8 Å². The second kappa shape index (κ2) is 34.2. The number of carboxylic acids is 1. The van der Waals surface area contributed by atoms with E-state index in [2.05, 4.69) is 52.8 Å². The van der Waals surface area contributed by atoms with Crippen molar-refractivity contribution in [3.8, 4) is 5.75 Å². The van der Waals surface area contributed by atoms with Crippen LogP contribution in [0.25, 0.3) is 0 Å². The number of rotatable bonds is 35. The van der Waals surface area contributed by atoms with Gasteiger partial charge in [0, 0.05) is 13.0 Å². The third-order valence-corrected chi connectivity index (χ3v) is 11.5. The van der Waals surface area contributed by atoms with Crippen LogP contribution in [-0.2, 0) is 59.2 Å². The molecule has 1 aromatic rings. The minimum Gasteiger partial charge on any atom is -0.508 e. The fourth-order valence-corrected chi connectivity index (χ4v) is 6.98. The Morgan fingerprint density at radius 3 is 1.42 bits per heavy atom. The van der Waals surface area contributed by atoms with E-state index in [1.165, 1.54) is 56.8 Å². The number of nitrogens with two attached hydrogens (primary N) is 4. The van der Waals surface area contributed by atoms with E-state index in [1.54, 1.807) is 6.26 Å². The summed E-state index contributed by atoms with van der Waals surface area (Å²) in [6.45, 7) is 0.00618. The monoisotopic (exact) mass is 1100 g/mol. The van der Waals surface area contributed by atoms with Crippen LogP contribution in [0.5, 0.6) is 5.75 Å². The summed E-state index contributed by atoms with van der Waals surface area (Å²) in [5.41, 5.74) is 21.9. The molecule has 0 aromatic heterocycles. The molecule has 0 heterocycles. The number of benzene rings is 1. The molecule has 0 saturated heterocycles. The maximum atomic E-state index is 13.9. The smallest absolute Gasteiger partial charge is 0.326 e. The van der Waals surface area contributed by atoms with Gasteiger partial charge in [0.2, 0.25) is 59.1 Å². The number of carboxylic acid groups (broad SMARTS) is 1. The lowest BCUT2D eigenvalue weighted by Gasteiger charge is -2.28. The zero-order valence-electron chi connectivity index (χ0n) is 42.3. The Balaban J connectivity index is 3.16. The Labute approximate surface area is 440 Å². The van der Waals surface area contributed by atoms with Gasteiger partial charge in [-0.25, -0.2) is 4.79 Å². The van der Waals surface area contributed by atoms with Crippen LogP contribution in [0.4, 0.5) is 0 Å². The van der Waals surface area contributed by atoms with Gasteiger partial charge in [-0.05, 0) is 61.8 Å². The van der Waals surface area contributed by atoms with Gasteiger partial charge in [-0.2, -0.15) is 11.8 Å². The second-order valence-electron chi connectivity index (χ2n) is 17.3. The molecular weight excluding hydrogens is 1030 g/mol. The van der Waals surface area contributed by atoms with Crippen molar-refractivity contribution < 1.29 is 83.4 Å². The maximum Gasteiger partial charge on any atom is 0.326 e. The summed E-state index contributed by atoms with van der Waals surface area (Å²) >= 11 is 1.27. The normalized spacial score (nSPS) is 14.9. The number of aliphatic imine (C=N–C) groups is 1. The number of aliphatic hydroxyl groups excluding tert-OH is 4. The first kappa shape index (κ1) is 66.6. The van der Waals surface area contributed by atoms with Gasteiger partial charge in [-0.3, -0.25) is 52.9 Å². The van der Waals surface area contributed by atoms with Gasteiger partial charge in [0.25, 0.3) is 0 Å². The van der Waals surface area contributed by atoms with Crippen molar-refractivity contribution in [1.29, 1.82) is 0 Å². The highest BCUT2D eigenvalue weighted by Gasteiger charge is 2.36. The first-order chi connectivity index (χ1) is 35.7. The Morgan fingerprint density at radius 2 is 0.974 bits per heavy atom. The molecule has 0 bridgehead atoms. The number of nitrogens with one attached hydrogen (secondary N) is 9. The van der Waals surface area contributed by atoms with E-state index in [9.17, 15) is 83.4 Å². The van der Waals surface area contributed by atoms with Crippen LogP contribution in [0.1, 0.15) is 52.0 Å². The molecule has 31 nitrogen and oxygen atoms in total. The Bertz CT molecular complexity index is 2190. The van der Waals surface area contributed by atoms with Crippen molar-refractivity contribution in [2.75, 3.05) is 45.0 Å². The summed E-state index contributed by atoms with van der Waals surface area (Å²) in [5, 5.41) is 79.8. The molecule has 0 fully saturated rings. The number of hydrogen-bond donors (Lipinski definition) is 19. The number of amides is 10. The molecule has 0 spiro atoms. The molecule has 0 radical (unpaired) electrons. The maximum absolute atomic E-state index is 13.9. The van der Waals surface area contributed by atoms with Crippen molar-refractivity contribution in [3.05, 3.63) is 29.8 Å². The van der Waals surface area contributed by atoms with E-state index in [0.717, 1.165) is 0 Å². The highest BCUT2D eigenvalue weighted by Crippen LogP contribution is 2.13. The number of aromatic hydroxyl groups is 1. The molecule has 1 rings (SSSR count). The van der Waals surface area contributed by atoms with Gasteiger partial charge in [-0.15, -0.1) is 0 Å². The zero-order chi connectivity index (χ0) is 57.8. The third-order valence-electron chi connectivity index (χ3n) is 10.8. The average Bonchev–Trinajstić information content (AvgIpc) is 3.36. The number of carbonyl (C=O) groups excluding carboxylic acids is 10. The van der Waals surface area contributed by atoms with Crippen molar-refractivity contribution in [2.24, 2.45) is 33.8 Å². The SMILES string of the molecule is CSCC[C@H](NC(=O)[C@H](Cc1ccc(O)cc1)NC(=O)[C@H](CO)NC(=O)[C@@H](NC(=O)[C@H](CO)NC(=O)[C@H](CO)NC(=O)[C@H](CO)NC(=O)[C@H](C)NC(=O)[C@@H](N)CCCN=C(N)N)C(C)C)C(=O)N[C@@H](CC(N)=O)C(=O)O. The Kier molecular flexibility index (Phi) is 30.0. The van der Waals surface area contributed by atoms with Gasteiger partial charge >= 0.3 is 5.97 Å². The molecule has 0 aliphatic heterocycles. The molecule has 10 atom stereocenters. The summed E-state index contributed by atoms with van der Waals surface area (Å²) < 4.78 is 0. The summed E-state index contributed by atoms with van der Waals surface area (Å²) in [4.78, 5) is 146. The summed E-state index contributed by atoms with van der Waals surface area (Å²) in [6, 6.07) is -10.5. The van der Waals surface area contributed by atoms with Crippen LogP contribution in [0.2, 0.25) is 0 Å². The molecule has 0 aliphatic rings. The lowest BCUT2D eigenvalue weighted by molar-refractivity contribution is -0.143. The van der Waals surface area contributed by atoms with E-state index in [4.69, 9.17) is 22.9 Å². The van der Waals surface area contributed by atoms with E-state index in [0.29, 0.717) is 12.0 Å². The van der Waals surface area contributed by atoms with Gasteiger partial charge in [0.15, 0.2) is 5.96 Å². The van der Waals surface area contributed by atoms with Gasteiger partial charge < -0.3 is 101 Å². The molecule has 0 unspecified atom stereocenters. The van der Waals surface area contributed by atoms with Gasteiger partial charge in [0.05, 0.1) is 38.9 Å². The number of thioether (sulfide) groups is 1. The van der Waals surface area contributed by atoms with Crippen LogP contribution in [-0.4, -0.2) is 207 Å².